The first-order valence-electron chi connectivity index (χ1n) is 11.4. The van der Waals surface area contributed by atoms with Crippen molar-refractivity contribution in [3.05, 3.63) is 71.4 Å². The Morgan fingerprint density at radius 3 is 2.12 bits per heavy atom. The van der Waals surface area contributed by atoms with Gasteiger partial charge in [-0.2, -0.15) is 0 Å². The van der Waals surface area contributed by atoms with Crippen molar-refractivity contribution in [2.24, 2.45) is 0 Å². The molecule has 0 aromatic heterocycles. The quantitative estimate of drug-likeness (QED) is 0.691. The van der Waals surface area contributed by atoms with Crippen LogP contribution in [0.4, 0.5) is 5.69 Å². The van der Waals surface area contributed by atoms with E-state index < -0.39 is 0 Å². The molecule has 2 aromatic carbocycles. The Bertz CT molecular complexity index is 1070. The van der Waals surface area contributed by atoms with E-state index in [1.165, 1.54) is 17.4 Å². The Labute approximate surface area is 194 Å². The number of benzene rings is 2. The van der Waals surface area contributed by atoms with Gasteiger partial charge in [-0.15, -0.1) is 0 Å². The van der Waals surface area contributed by atoms with Crippen LogP contribution in [0.3, 0.4) is 0 Å². The summed E-state index contributed by atoms with van der Waals surface area (Å²) >= 11 is 0. The van der Waals surface area contributed by atoms with Gasteiger partial charge in [-0.05, 0) is 37.1 Å². The number of imide groups is 1. The number of piperazine rings is 1. The lowest BCUT2D eigenvalue weighted by atomic mass is 10.0. The van der Waals surface area contributed by atoms with Gasteiger partial charge in [0.25, 0.3) is 11.8 Å². The van der Waals surface area contributed by atoms with Crippen molar-refractivity contribution >= 4 is 29.0 Å². The highest BCUT2D eigenvalue weighted by atomic mass is 16.2. The number of nitrogens with zero attached hydrogens (tertiary/aromatic N) is 3. The van der Waals surface area contributed by atoms with E-state index in [0.29, 0.717) is 35.6 Å². The van der Waals surface area contributed by atoms with Crippen LogP contribution in [0.5, 0.6) is 0 Å². The summed E-state index contributed by atoms with van der Waals surface area (Å²) in [5.74, 6) is -0.648. The summed E-state index contributed by atoms with van der Waals surface area (Å²) in [6.45, 7) is 9.03. The Kier molecular flexibility index (Phi) is 6.60. The molecular formula is C26H30N4O3. The van der Waals surface area contributed by atoms with Crippen molar-refractivity contribution in [3.63, 3.8) is 0 Å². The van der Waals surface area contributed by atoms with Gasteiger partial charge < -0.3 is 10.2 Å². The maximum atomic E-state index is 13.4. The second-order valence-electron chi connectivity index (χ2n) is 8.80. The zero-order valence-corrected chi connectivity index (χ0v) is 19.4. The van der Waals surface area contributed by atoms with Crippen molar-refractivity contribution in [2.45, 2.75) is 33.4 Å². The topological polar surface area (TPSA) is 73.0 Å². The molecule has 0 radical (unpaired) electrons. The molecule has 1 saturated heterocycles. The first-order valence-corrected chi connectivity index (χ1v) is 11.4. The molecule has 7 heteroatoms. The van der Waals surface area contributed by atoms with Crippen molar-refractivity contribution in [2.75, 3.05) is 31.5 Å². The summed E-state index contributed by atoms with van der Waals surface area (Å²) in [5, 5.41) is 2.74. The van der Waals surface area contributed by atoms with Crippen molar-refractivity contribution < 1.29 is 14.4 Å². The van der Waals surface area contributed by atoms with Gasteiger partial charge in [0.2, 0.25) is 5.91 Å². The molecule has 4 rings (SSSR count). The maximum Gasteiger partial charge on any atom is 0.278 e. The lowest BCUT2D eigenvalue weighted by Crippen LogP contribution is -2.47. The fourth-order valence-corrected chi connectivity index (χ4v) is 4.45. The van der Waals surface area contributed by atoms with E-state index in [9.17, 15) is 14.4 Å². The van der Waals surface area contributed by atoms with E-state index in [-0.39, 0.29) is 23.8 Å². The molecular weight excluding hydrogens is 416 g/mol. The van der Waals surface area contributed by atoms with E-state index in [1.54, 1.807) is 24.3 Å². The van der Waals surface area contributed by atoms with Gasteiger partial charge >= 0.3 is 0 Å². The van der Waals surface area contributed by atoms with Gasteiger partial charge in [-0.1, -0.05) is 42.5 Å². The Hall–Kier alpha value is -3.45. The number of carbonyl (C=O) groups excluding carboxylic acids is 3. The number of carbonyl (C=O) groups is 3. The molecule has 0 unspecified atom stereocenters. The Morgan fingerprint density at radius 1 is 0.909 bits per heavy atom. The van der Waals surface area contributed by atoms with Gasteiger partial charge in [0, 0.05) is 51.4 Å². The normalized spacial score (nSPS) is 17.3. The molecule has 1 fully saturated rings. The first-order chi connectivity index (χ1) is 15.8. The molecule has 33 heavy (non-hydrogen) atoms. The minimum Gasteiger partial charge on any atom is -0.364 e. The van der Waals surface area contributed by atoms with Gasteiger partial charge in [0.1, 0.15) is 5.70 Å². The number of rotatable bonds is 6. The zero-order valence-electron chi connectivity index (χ0n) is 19.4. The van der Waals surface area contributed by atoms with Crippen LogP contribution in [0.1, 0.15) is 31.9 Å². The highest BCUT2D eigenvalue weighted by Gasteiger charge is 2.43. The van der Waals surface area contributed by atoms with Crippen molar-refractivity contribution in [1.82, 2.24) is 14.7 Å². The van der Waals surface area contributed by atoms with Crippen LogP contribution in [0.25, 0.3) is 5.57 Å². The van der Waals surface area contributed by atoms with Crippen LogP contribution in [0.15, 0.2) is 60.3 Å². The average Bonchev–Trinajstić information content (AvgIpc) is 3.05. The van der Waals surface area contributed by atoms with Crippen molar-refractivity contribution in [1.29, 1.82) is 0 Å². The van der Waals surface area contributed by atoms with Crippen LogP contribution in [0.2, 0.25) is 0 Å². The fraction of sp³-hybridized carbons (Fsp3) is 0.346. The lowest BCUT2D eigenvalue weighted by molar-refractivity contribution is -0.139. The van der Waals surface area contributed by atoms with E-state index in [4.69, 9.17) is 0 Å². The summed E-state index contributed by atoms with van der Waals surface area (Å²) in [7, 11) is 0. The fourth-order valence-electron chi connectivity index (χ4n) is 4.45. The van der Waals surface area contributed by atoms with Crippen LogP contribution in [-0.2, 0) is 20.9 Å². The second kappa shape index (κ2) is 9.58. The van der Waals surface area contributed by atoms with E-state index in [2.05, 4.69) is 27.2 Å². The van der Waals surface area contributed by atoms with Gasteiger partial charge in [0.15, 0.2) is 0 Å². The number of hydrogen-bond acceptors (Lipinski definition) is 5. The van der Waals surface area contributed by atoms with Gasteiger partial charge in [-0.25, -0.2) is 0 Å². The third-order valence-corrected chi connectivity index (χ3v) is 6.04. The lowest BCUT2D eigenvalue weighted by Gasteiger charge is -2.36. The van der Waals surface area contributed by atoms with Gasteiger partial charge in [-0.3, -0.25) is 24.2 Å². The monoisotopic (exact) mass is 446 g/mol. The first kappa shape index (κ1) is 22.7. The summed E-state index contributed by atoms with van der Waals surface area (Å²) in [6.07, 6.45) is 0. The predicted molar refractivity (Wildman–Crippen MR) is 128 cm³/mol. The highest BCUT2D eigenvalue weighted by molar-refractivity contribution is 6.35. The van der Waals surface area contributed by atoms with Crippen LogP contribution in [0, 0.1) is 0 Å². The third-order valence-electron chi connectivity index (χ3n) is 6.04. The minimum atomic E-state index is -0.260. The minimum absolute atomic E-state index is 0.158. The number of anilines is 1. The largest absolute Gasteiger partial charge is 0.364 e. The number of hydrogen-bond donors (Lipinski definition) is 1. The molecule has 1 N–H and O–H groups in total. The molecule has 2 aromatic rings. The van der Waals surface area contributed by atoms with Crippen LogP contribution in [-0.4, -0.2) is 64.6 Å². The maximum absolute atomic E-state index is 13.4. The number of nitrogens with one attached hydrogen (secondary N) is 1. The van der Waals surface area contributed by atoms with E-state index in [1.807, 2.05) is 32.0 Å². The molecule has 3 amide bonds. The highest BCUT2D eigenvalue weighted by Crippen LogP contribution is 2.34. The molecule has 0 aliphatic carbocycles. The summed E-state index contributed by atoms with van der Waals surface area (Å²) in [6, 6.07) is 17.2. The molecule has 0 bridgehead atoms. The second-order valence-corrected chi connectivity index (χ2v) is 8.80. The third kappa shape index (κ3) is 4.83. The summed E-state index contributed by atoms with van der Waals surface area (Å²) in [4.78, 5) is 43.8. The molecule has 0 spiro atoms. The van der Waals surface area contributed by atoms with Crippen LogP contribution >= 0.6 is 0 Å². The van der Waals surface area contributed by atoms with Gasteiger partial charge in [0.05, 0.1) is 5.57 Å². The Morgan fingerprint density at radius 2 is 1.55 bits per heavy atom. The Balaban J connectivity index is 1.58. The summed E-state index contributed by atoms with van der Waals surface area (Å²) in [5.41, 5.74) is 3.54. The predicted octanol–water partition coefficient (Wildman–Crippen LogP) is 2.95. The SMILES string of the molecule is CC(=O)Nc1ccc(C2=C(N3CCN(Cc4ccccc4)CC3)C(=O)N(C(C)C)C2=O)cc1. The van der Waals surface area contributed by atoms with E-state index >= 15 is 0 Å². The zero-order chi connectivity index (χ0) is 23.5. The molecule has 2 heterocycles. The molecule has 7 nitrogen and oxygen atoms in total. The average molecular weight is 447 g/mol. The van der Waals surface area contributed by atoms with E-state index in [0.717, 1.165) is 19.6 Å². The molecule has 172 valence electrons. The molecule has 0 saturated carbocycles. The van der Waals surface area contributed by atoms with Crippen LogP contribution < -0.4 is 5.32 Å². The molecule has 2 aliphatic rings. The molecule has 2 aliphatic heterocycles. The smallest absolute Gasteiger partial charge is 0.278 e. The molecule has 0 atom stereocenters. The summed E-state index contributed by atoms with van der Waals surface area (Å²) < 4.78 is 0. The van der Waals surface area contributed by atoms with Crippen molar-refractivity contribution in [3.8, 4) is 0 Å². The number of amides is 3. The standard InChI is InChI=1S/C26H30N4O3/c1-18(2)30-25(32)23(21-9-11-22(12-10-21)27-19(3)31)24(26(30)33)29-15-13-28(14-16-29)17-20-7-5-4-6-8-20/h4-12,18H,13-17H2,1-3H3,(H,27,31).